The average molecular weight is 397 g/mol. The molecule has 1 saturated heterocycles. The Morgan fingerprint density at radius 2 is 2.04 bits per heavy atom. The number of rotatable bonds is 3. The molecule has 5 nitrogen and oxygen atoms in total. The largest absolute Gasteiger partial charge is 0.444 e. The van der Waals surface area contributed by atoms with Crippen molar-refractivity contribution < 1.29 is 14.3 Å². The van der Waals surface area contributed by atoms with Gasteiger partial charge in [-0.2, -0.15) is 0 Å². The smallest absolute Gasteiger partial charge is 0.407 e. The normalized spacial score (nSPS) is 18.2. The van der Waals surface area contributed by atoms with Crippen LogP contribution in [0.4, 0.5) is 4.79 Å². The highest BCUT2D eigenvalue weighted by molar-refractivity contribution is 9.10. The number of carbonyl (C=O) groups excluding carboxylic acids is 2. The lowest BCUT2D eigenvalue weighted by Gasteiger charge is -2.33. The number of likely N-dealkylation sites (tertiary alicyclic amines) is 1. The third kappa shape index (κ3) is 5.51. The number of ether oxygens (including phenoxy) is 1. The fourth-order valence-electron chi connectivity index (χ4n) is 2.76. The molecular formula is C18H25BrN2O3. The van der Waals surface area contributed by atoms with Crippen LogP contribution in [0.5, 0.6) is 0 Å². The first-order valence-corrected chi connectivity index (χ1v) is 9.06. The van der Waals surface area contributed by atoms with Crippen LogP contribution in [0, 0.1) is 5.92 Å². The number of nitrogens with zero attached hydrogens (tertiary/aromatic N) is 1. The molecule has 2 rings (SSSR count). The Labute approximate surface area is 151 Å². The van der Waals surface area contributed by atoms with E-state index in [1.54, 1.807) is 0 Å². The fourth-order valence-corrected chi connectivity index (χ4v) is 3.22. The Hall–Kier alpha value is -1.56. The van der Waals surface area contributed by atoms with Gasteiger partial charge < -0.3 is 15.0 Å². The molecule has 1 atom stereocenters. The van der Waals surface area contributed by atoms with E-state index in [1.165, 1.54) is 0 Å². The molecule has 0 spiro atoms. The van der Waals surface area contributed by atoms with E-state index in [9.17, 15) is 9.59 Å². The molecule has 2 amide bonds. The molecule has 0 bridgehead atoms. The zero-order valence-corrected chi connectivity index (χ0v) is 16.1. The summed E-state index contributed by atoms with van der Waals surface area (Å²) in [5.41, 5.74) is 0.177. The first-order chi connectivity index (χ1) is 11.3. The van der Waals surface area contributed by atoms with E-state index >= 15 is 0 Å². The number of nitrogens with one attached hydrogen (secondary N) is 1. The van der Waals surface area contributed by atoms with Crippen LogP contribution in [0.3, 0.4) is 0 Å². The van der Waals surface area contributed by atoms with Gasteiger partial charge in [0, 0.05) is 24.1 Å². The monoisotopic (exact) mass is 396 g/mol. The first-order valence-electron chi connectivity index (χ1n) is 8.27. The lowest BCUT2D eigenvalue weighted by Crippen LogP contribution is -2.44. The van der Waals surface area contributed by atoms with Crippen molar-refractivity contribution >= 4 is 27.9 Å². The fraction of sp³-hybridized carbons (Fsp3) is 0.556. The Kier molecular flexibility index (Phi) is 6.27. The van der Waals surface area contributed by atoms with Gasteiger partial charge in [-0.1, -0.05) is 12.1 Å². The van der Waals surface area contributed by atoms with Crippen LogP contribution in [-0.4, -0.2) is 42.1 Å². The van der Waals surface area contributed by atoms with Crippen LogP contribution in [0.15, 0.2) is 28.7 Å². The van der Waals surface area contributed by atoms with Gasteiger partial charge in [0.05, 0.1) is 5.56 Å². The van der Waals surface area contributed by atoms with Gasteiger partial charge in [-0.25, -0.2) is 4.79 Å². The molecule has 1 heterocycles. The van der Waals surface area contributed by atoms with Crippen molar-refractivity contribution in [3.8, 4) is 0 Å². The molecule has 1 fully saturated rings. The summed E-state index contributed by atoms with van der Waals surface area (Å²) >= 11 is 3.44. The first kappa shape index (κ1) is 18.8. The Morgan fingerprint density at radius 3 is 2.71 bits per heavy atom. The number of amides is 2. The van der Waals surface area contributed by atoms with Crippen LogP contribution in [0.2, 0.25) is 0 Å². The molecule has 0 aliphatic carbocycles. The Bertz CT molecular complexity index is 598. The Balaban J connectivity index is 1.89. The van der Waals surface area contributed by atoms with Gasteiger partial charge >= 0.3 is 6.09 Å². The van der Waals surface area contributed by atoms with Gasteiger partial charge in [-0.3, -0.25) is 4.79 Å². The van der Waals surface area contributed by atoms with Crippen molar-refractivity contribution in [2.24, 2.45) is 5.92 Å². The van der Waals surface area contributed by atoms with Gasteiger partial charge in [0.2, 0.25) is 0 Å². The maximum Gasteiger partial charge on any atom is 0.407 e. The summed E-state index contributed by atoms with van der Waals surface area (Å²) in [4.78, 5) is 26.3. The van der Waals surface area contributed by atoms with E-state index in [4.69, 9.17) is 4.74 Å². The highest BCUT2D eigenvalue weighted by atomic mass is 79.9. The SMILES string of the molecule is CC(C)(C)OC(=O)NC[C@H]1CCCN(C(=O)c2ccccc2Br)C1. The molecule has 0 aromatic heterocycles. The third-order valence-corrected chi connectivity index (χ3v) is 4.54. The summed E-state index contributed by atoms with van der Waals surface area (Å²) in [5.74, 6) is 0.280. The highest BCUT2D eigenvalue weighted by Gasteiger charge is 2.26. The van der Waals surface area contributed by atoms with Crippen LogP contribution >= 0.6 is 15.9 Å². The van der Waals surface area contributed by atoms with Crippen molar-refractivity contribution in [2.45, 2.75) is 39.2 Å². The second-order valence-electron chi connectivity index (χ2n) is 7.12. The van der Waals surface area contributed by atoms with E-state index in [0.717, 1.165) is 23.9 Å². The van der Waals surface area contributed by atoms with Crippen molar-refractivity contribution in [3.05, 3.63) is 34.3 Å². The van der Waals surface area contributed by atoms with Crippen LogP contribution in [0.25, 0.3) is 0 Å². The number of benzene rings is 1. The summed E-state index contributed by atoms with van der Waals surface area (Å²) < 4.78 is 6.06. The van der Waals surface area contributed by atoms with Crippen LogP contribution in [0.1, 0.15) is 44.0 Å². The summed E-state index contributed by atoms with van der Waals surface area (Å²) in [5, 5.41) is 2.81. The number of piperidine rings is 1. The van der Waals surface area contributed by atoms with Crippen molar-refractivity contribution in [1.29, 1.82) is 0 Å². The van der Waals surface area contributed by atoms with Crippen LogP contribution < -0.4 is 5.32 Å². The maximum atomic E-state index is 12.7. The Morgan fingerprint density at radius 1 is 1.33 bits per heavy atom. The molecule has 0 radical (unpaired) electrons. The van der Waals surface area contributed by atoms with Crippen molar-refractivity contribution in [2.75, 3.05) is 19.6 Å². The molecule has 24 heavy (non-hydrogen) atoms. The maximum absolute atomic E-state index is 12.7. The van der Waals surface area contributed by atoms with Crippen LogP contribution in [-0.2, 0) is 4.74 Å². The van der Waals surface area contributed by atoms with Crippen molar-refractivity contribution in [3.63, 3.8) is 0 Å². The molecule has 1 aliphatic heterocycles. The summed E-state index contributed by atoms with van der Waals surface area (Å²) in [6.45, 7) is 7.44. The van der Waals surface area contributed by atoms with E-state index < -0.39 is 11.7 Å². The standard InChI is InChI=1S/C18H25BrN2O3/c1-18(2,3)24-17(23)20-11-13-7-6-10-21(12-13)16(22)14-8-4-5-9-15(14)19/h4-5,8-9,13H,6-7,10-12H2,1-3H3,(H,20,23)/t13-/m1/s1. The number of carbonyl (C=O) groups is 2. The molecular weight excluding hydrogens is 372 g/mol. The second kappa shape index (κ2) is 8.01. The third-order valence-electron chi connectivity index (χ3n) is 3.84. The predicted octanol–water partition coefficient (Wildman–Crippen LogP) is 3.83. The summed E-state index contributed by atoms with van der Waals surface area (Å²) in [6.07, 6.45) is 1.53. The average Bonchev–Trinajstić information content (AvgIpc) is 2.51. The number of hydrogen-bond donors (Lipinski definition) is 1. The van der Waals surface area contributed by atoms with E-state index in [0.29, 0.717) is 18.7 Å². The molecule has 1 aliphatic rings. The minimum Gasteiger partial charge on any atom is -0.444 e. The molecule has 6 heteroatoms. The lowest BCUT2D eigenvalue weighted by molar-refractivity contribution is 0.0502. The highest BCUT2D eigenvalue weighted by Crippen LogP contribution is 2.22. The zero-order valence-electron chi connectivity index (χ0n) is 14.5. The minimum absolute atomic E-state index is 0.0319. The van der Waals surface area contributed by atoms with Gasteiger partial charge in [-0.05, 0) is 67.6 Å². The molecule has 0 saturated carbocycles. The second-order valence-corrected chi connectivity index (χ2v) is 7.98. The minimum atomic E-state index is -0.502. The van der Waals surface area contributed by atoms with Gasteiger partial charge in [0.15, 0.2) is 0 Å². The molecule has 132 valence electrons. The quantitative estimate of drug-likeness (QED) is 0.844. The van der Waals surface area contributed by atoms with E-state index in [-0.39, 0.29) is 11.8 Å². The predicted molar refractivity (Wildman–Crippen MR) is 97.0 cm³/mol. The molecule has 1 aromatic rings. The van der Waals surface area contributed by atoms with Crippen molar-refractivity contribution in [1.82, 2.24) is 10.2 Å². The van der Waals surface area contributed by atoms with E-state index in [1.807, 2.05) is 49.9 Å². The topological polar surface area (TPSA) is 58.6 Å². The van der Waals surface area contributed by atoms with Gasteiger partial charge in [0.1, 0.15) is 5.60 Å². The van der Waals surface area contributed by atoms with E-state index in [2.05, 4.69) is 21.2 Å². The summed E-state index contributed by atoms with van der Waals surface area (Å²) in [6, 6.07) is 7.46. The number of alkyl carbamates (subject to hydrolysis) is 1. The van der Waals surface area contributed by atoms with Gasteiger partial charge in [-0.15, -0.1) is 0 Å². The molecule has 1 N–H and O–H groups in total. The number of halogens is 1. The molecule has 0 unspecified atom stereocenters. The zero-order chi connectivity index (χ0) is 17.7. The molecule has 1 aromatic carbocycles. The lowest BCUT2D eigenvalue weighted by atomic mass is 9.97. The van der Waals surface area contributed by atoms with Gasteiger partial charge in [0.25, 0.3) is 5.91 Å². The summed E-state index contributed by atoms with van der Waals surface area (Å²) in [7, 11) is 0. The number of hydrogen-bond acceptors (Lipinski definition) is 3.